The van der Waals surface area contributed by atoms with Crippen LogP contribution in [0.15, 0.2) is 41.2 Å². The van der Waals surface area contributed by atoms with E-state index in [1.807, 2.05) is 47.6 Å². The van der Waals surface area contributed by atoms with E-state index in [-0.39, 0.29) is 47.6 Å². The van der Waals surface area contributed by atoms with Gasteiger partial charge in [0.2, 0.25) is 5.91 Å². The second kappa shape index (κ2) is 12.5. The first-order valence-corrected chi connectivity index (χ1v) is 14.9. The van der Waals surface area contributed by atoms with E-state index in [1.165, 1.54) is 29.9 Å². The van der Waals surface area contributed by atoms with Crippen molar-refractivity contribution in [2.45, 2.75) is 79.6 Å². The number of fused-ring (bicyclic) bond motifs is 1. The number of aromatic nitrogens is 2. The summed E-state index contributed by atoms with van der Waals surface area (Å²) < 4.78 is 26.4. The van der Waals surface area contributed by atoms with Crippen LogP contribution in [0.1, 0.15) is 55.4 Å². The van der Waals surface area contributed by atoms with Gasteiger partial charge in [0.15, 0.2) is 11.6 Å². The Labute approximate surface area is 258 Å². The molecule has 238 valence electrons. The van der Waals surface area contributed by atoms with Crippen LogP contribution in [0.25, 0.3) is 22.3 Å². The maximum absolute atomic E-state index is 14.2. The van der Waals surface area contributed by atoms with Crippen LogP contribution in [0.5, 0.6) is 5.75 Å². The van der Waals surface area contributed by atoms with Crippen molar-refractivity contribution in [3.05, 3.63) is 52.6 Å². The number of benzene rings is 2. The van der Waals surface area contributed by atoms with Crippen LogP contribution in [0.3, 0.4) is 0 Å². The van der Waals surface area contributed by atoms with E-state index in [2.05, 4.69) is 24.1 Å². The molecule has 2 heterocycles. The SMILES string of the molecule is COc1cc(-c2nc3ccc(N4CC(C)N(C(=O)OC(C)(C)C)CC(C)(C)C4)cc3c(=O)n2CC(=O)NC(C)C)ccc1F. The molecule has 1 N–H and O–H groups in total. The highest BCUT2D eigenvalue weighted by Crippen LogP contribution is 2.31. The fraction of sp³-hybridized carbons (Fsp3) is 0.515. The van der Waals surface area contributed by atoms with Crippen LogP contribution in [-0.4, -0.2) is 70.9 Å². The predicted octanol–water partition coefficient (Wildman–Crippen LogP) is 5.21. The average Bonchev–Trinajstić information content (AvgIpc) is 3.03. The van der Waals surface area contributed by atoms with Gasteiger partial charge in [0.25, 0.3) is 5.56 Å². The number of carbonyl (C=O) groups is 2. The standard InChI is InChI=1S/C33H44FN5O5/c1-20(2)35-28(40)17-38-29(22-10-12-25(34)27(14-22)43-9)36-26-13-11-23(15-24(26)30(38)41)37-16-21(3)39(19-33(7,8)18-37)31(42)44-32(4,5)6/h10-15,20-21H,16-19H2,1-9H3,(H,35,40). The van der Waals surface area contributed by atoms with Gasteiger partial charge in [0, 0.05) is 43.0 Å². The van der Waals surface area contributed by atoms with Crippen LogP contribution in [0.2, 0.25) is 0 Å². The Kier molecular flexibility index (Phi) is 9.27. The van der Waals surface area contributed by atoms with Gasteiger partial charge < -0.3 is 24.6 Å². The lowest BCUT2D eigenvalue weighted by Gasteiger charge is -2.33. The van der Waals surface area contributed by atoms with Crippen molar-refractivity contribution in [2.24, 2.45) is 5.41 Å². The Bertz CT molecular complexity index is 1610. The molecule has 4 rings (SSSR count). The number of amides is 2. The topological polar surface area (TPSA) is 106 Å². The normalized spacial score (nSPS) is 17.0. The maximum Gasteiger partial charge on any atom is 0.410 e. The third kappa shape index (κ3) is 7.49. The molecule has 1 unspecified atom stereocenters. The highest BCUT2D eigenvalue weighted by atomic mass is 19.1. The molecule has 1 aliphatic heterocycles. The molecule has 1 saturated heterocycles. The number of anilines is 1. The zero-order valence-corrected chi connectivity index (χ0v) is 27.2. The van der Waals surface area contributed by atoms with E-state index in [0.29, 0.717) is 36.1 Å². The van der Waals surface area contributed by atoms with E-state index in [9.17, 15) is 18.8 Å². The molecule has 0 spiro atoms. The molecule has 2 aromatic carbocycles. The Morgan fingerprint density at radius 2 is 1.84 bits per heavy atom. The Balaban J connectivity index is 1.79. The summed E-state index contributed by atoms with van der Waals surface area (Å²) in [6, 6.07) is 9.42. The molecule has 2 amide bonds. The van der Waals surface area contributed by atoms with Gasteiger partial charge in [-0.2, -0.15) is 0 Å². The summed E-state index contributed by atoms with van der Waals surface area (Å²) in [5, 5.41) is 3.17. The van der Waals surface area contributed by atoms with Gasteiger partial charge in [-0.15, -0.1) is 0 Å². The number of nitrogens with one attached hydrogen (secondary N) is 1. The van der Waals surface area contributed by atoms with Crippen LogP contribution in [0, 0.1) is 11.2 Å². The number of nitrogens with zero attached hydrogens (tertiary/aromatic N) is 4. The van der Waals surface area contributed by atoms with Gasteiger partial charge in [-0.3, -0.25) is 14.2 Å². The fourth-order valence-electron chi connectivity index (χ4n) is 5.51. The molecule has 1 fully saturated rings. The fourth-order valence-corrected chi connectivity index (χ4v) is 5.51. The molecule has 0 bridgehead atoms. The lowest BCUT2D eigenvalue weighted by molar-refractivity contribution is -0.122. The maximum atomic E-state index is 14.2. The zero-order valence-electron chi connectivity index (χ0n) is 27.2. The second-order valence-corrected chi connectivity index (χ2v) is 13.6. The summed E-state index contributed by atoms with van der Waals surface area (Å²) in [5.41, 5.74) is 0.393. The number of halogens is 1. The summed E-state index contributed by atoms with van der Waals surface area (Å²) >= 11 is 0. The third-order valence-electron chi connectivity index (χ3n) is 7.33. The van der Waals surface area contributed by atoms with E-state index >= 15 is 0 Å². The number of ether oxygens (including phenoxy) is 2. The van der Waals surface area contributed by atoms with Gasteiger partial charge in [-0.1, -0.05) is 13.8 Å². The molecule has 1 aliphatic rings. The van der Waals surface area contributed by atoms with Crippen molar-refractivity contribution in [3.63, 3.8) is 0 Å². The summed E-state index contributed by atoms with van der Waals surface area (Å²) in [6.07, 6.45) is -0.352. The first kappa shape index (κ1) is 32.8. The van der Waals surface area contributed by atoms with Crippen LogP contribution < -0.4 is 20.5 Å². The predicted molar refractivity (Wildman–Crippen MR) is 170 cm³/mol. The van der Waals surface area contributed by atoms with Crippen LogP contribution >= 0.6 is 0 Å². The Morgan fingerprint density at radius 3 is 2.48 bits per heavy atom. The van der Waals surface area contributed by atoms with Crippen molar-refractivity contribution < 1.29 is 23.5 Å². The van der Waals surface area contributed by atoms with Crippen molar-refractivity contribution in [2.75, 3.05) is 31.6 Å². The van der Waals surface area contributed by atoms with E-state index < -0.39 is 17.0 Å². The largest absolute Gasteiger partial charge is 0.494 e. The van der Waals surface area contributed by atoms with Crippen LogP contribution in [-0.2, 0) is 16.1 Å². The molecular formula is C33H44FN5O5. The van der Waals surface area contributed by atoms with Gasteiger partial charge in [0.05, 0.1) is 18.0 Å². The van der Waals surface area contributed by atoms with Crippen molar-refractivity contribution in [1.82, 2.24) is 19.8 Å². The molecule has 0 aliphatic carbocycles. The van der Waals surface area contributed by atoms with Gasteiger partial charge in [-0.05, 0) is 83.4 Å². The average molecular weight is 610 g/mol. The summed E-state index contributed by atoms with van der Waals surface area (Å²) in [5.74, 6) is -0.665. The third-order valence-corrected chi connectivity index (χ3v) is 7.33. The number of rotatable bonds is 6. The monoisotopic (exact) mass is 609 g/mol. The minimum atomic E-state index is -0.609. The summed E-state index contributed by atoms with van der Waals surface area (Å²) in [7, 11) is 1.36. The number of hydrogen-bond donors (Lipinski definition) is 1. The molecular weight excluding hydrogens is 565 g/mol. The second-order valence-electron chi connectivity index (χ2n) is 13.6. The highest BCUT2D eigenvalue weighted by Gasteiger charge is 2.37. The van der Waals surface area contributed by atoms with E-state index in [0.717, 1.165) is 5.69 Å². The molecule has 11 heteroatoms. The summed E-state index contributed by atoms with van der Waals surface area (Å²) in [6.45, 7) is 16.8. The van der Waals surface area contributed by atoms with E-state index in [4.69, 9.17) is 14.5 Å². The molecule has 0 saturated carbocycles. The lowest BCUT2D eigenvalue weighted by Crippen LogP contribution is -2.46. The van der Waals surface area contributed by atoms with Gasteiger partial charge in [-0.25, -0.2) is 14.2 Å². The van der Waals surface area contributed by atoms with E-state index in [1.54, 1.807) is 17.0 Å². The first-order chi connectivity index (χ1) is 20.5. The Hall–Kier alpha value is -4.15. The number of carbonyl (C=O) groups excluding carboxylic acids is 2. The Morgan fingerprint density at radius 1 is 1.14 bits per heavy atom. The van der Waals surface area contributed by atoms with Crippen LogP contribution in [0.4, 0.5) is 14.9 Å². The molecule has 1 atom stereocenters. The smallest absolute Gasteiger partial charge is 0.410 e. The minimum Gasteiger partial charge on any atom is -0.494 e. The van der Waals surface area contributed by atoms with Crippen molar-refractivity contribution in [1.29, 1.82) is 0 Å². The number of hydrogen-bond acceptors (Lipinski definition) is 7. The van der Waals surface area contributed by atoms with Crippen molar-refractivity contribution >= 4 is 28.6 Å². The molecule has 3 aromatic rings. The highest BCUT2D eigenvalue weighted by molar-refractivity contribution is 5.85. The summed E-state index contributed by atoms with van der Waals surface area (Å²) in [4.78, 5) is 48.8. The van der Waals surface area contributed by atoms with Gasteiger partial charge >= 0.3 is 6.09 Å². The first-order valence-electron chi connectivity index (χ1n) is 14.9. The number of methoxy groups -OCH3 is 1. The molecule has 10 nitrogen and oxygen atoms in total. The zero-order chi connectivity index (χ0) is 32.6. The lowest BCUT2D eigenvalue weighted by atomic mass is 9.92. The minimum absolute atomic E-state index is 0.00343. The van der Waals surface area contributed by atoms with Crippen molar-refractivity contribution in [3.8, 4) is 17.1 Å². The molecule has 0 radical (unpaired) electrons. The quantitative estimate of drug-likeness (QED) is 0.409. The molecule has 44 heavy (non-hydrogen) atoms. The molecule has 1 aromatic heterocycles. The van der Waals surface area contributed by atoms with Gasteiger partial charge in [0.1, 0.15) is 18.0 Å².